The lowest BCUT2D eigenvalue weighted by Crippen LogP contribution is -2.42. The Bertz CT molecular complexity index is 455. The topological polar surface area (TPSA) is 15.3 Å². The molecule has 1 aliphatic rings. The van der Waals surface area contributed by atoms with Crippen LogP contribution in [-0.2, 0) is 12.6 Å². The highest BCUT2D eigenvalue weighted by atomic mass is 35.5. The summed E-state index contributed by atoms with van der Waals surface area (Å²) in [6.07, 6.45) is -1.09. The smallest absolute Gasteiger partial charge is 0.315 e. The number of hydrogen-bond donors (Lipinski definition) is 1. The summed E-state index contributed by atoms with van der Waals surface area (Å²) < 4.78 is 36.8. The number of alkyl halides is 3. The van der Waals surface area contributed by atoms with Crippen molar-refractivity contribution >= 4 is 11.6 Å². The molecule has 1 aromatic carbocycles. The Morgan fingerprint density at radius 1 is 1.32 bits per heavy atom. The van der Waals surface area contributed by atoms with Crippen molar-refractivity contribution in [3.8, 4) is 0 Å². The molecule has 0 spiro atoms. The molecule has 2 nitrogen and oxygen atoms in total. The van der Waals surface area contributed by atoms with Gasteiger partial charge in [0.1, 0.15) is 0 Å². The molecule has 1 atom stereocenters. The van der Waals surface area contributed by atoms with Gasteiger partial charge < -0.3 is 10.2 Å². The van der Waals surface area contributed by atoms with Gasteiger partial charge in [-0.1, -0.05) is 24.6 Å². The Kier molecular flexibility index (Phi) is 7.66. The summed E-state index contributed by atoms with van der Waals surface area (Å²) in [5.74, 6) is 0. The van der Waals surface area contributed by atoms with Crippen LogP contribution in [0, 0.1) is 0 Å². The molecular formula is C16H24ClF3N2. The molecule has 1 aromatic rings. The van der Waals surface area contributed by atoms with E-state index in [9.17, 15) is 13.2 Å². The van der Waals surface area contributed by atoms with E-state index in [-0.39, 0.29) is 5.02 Å². The standard InChI is InChI=1S/C9H8ClF3.C7H16N2/c1-2-6-3-4-8(10)7(5-6)9(11,12)13;1-9(2)7-4-3-5-8-6-7/h3-5H,2H2,1H3;7-8H,3-6H2,1-2H3. The normalized spacial score (nSPS) is 18.8. The van der Waals surface area contributed by atoms with Crippen LogP contribution >= 0.6 is 11.6 Å². The van der Waals surface area contributed by atoms with E-state index in [0.29, 0.717) is 12.0 Å². The number of piperidine rings is 1. The quantitative estimate of drug-likeness (QED) is 0.869. The maximum Gasteiger partial charge on any atom is 0.417 e. The Morgan fingerprint density at radius 3 is 2.41 bits per heavy atom. The summed E-state index contributed by atoms with van der Waals surface area (Å²) >= 11 is 5.42. The minimum atomic E-state index is -4.36. The van der Waals surface area contributed by atoms with Gasteiger partial charge in [-0.15, -0.1) is 0 Å². The second kappa shape index (κ2) is 8.75. The first-order valence-corrected chi connectivity index (χ1v) is 7.86. The third kappa shape index (κ3) is 6.15. The molecule has 1 heterocycles. The van der Waals surface area contributed by atoms with E-state index >= 15 is 0 Å². The number of aryl methyl sites for hydroxylation is 1. The Balaban J connectivity index is 0.000000235. The summed E-state index contributed by atoms with van der Waals surface area (Å²) in [5.41, 5.74) is -0.120. The second-order valence-corrected chi connectivity index (χ2v) is 6.04. The van der Waals surface area contributed by atoms with Crippen LogP contribution in [0.25, 0.3) is 0 Å². The third-order valence-corrected chi connectivity index (χ3v) is 4.08. The zero-order valence-electron chi connectivity index (χ0n) is 13.3. The van der Waals surface area contributed by atoms with Crippen molar-refractivity contribution in [1.29, 1.82) is 0 Å². The molecule has 1 fully saturated rings. The molecule has 0 aromatic heterocycles. The summed E-state index contributed by atoms with van der Waals surface area (Å²) in [4.78, 5) is 2.30. The van der Waals surface area contributed by atoms with E-state index in [4.69, 9.17) is 11.6 Å². The van der Waals surface area contributed by atoms with Gasteiger partial charge in [-0.2, -0.15) is 13.2 Å². The van der Waals surface area contributed by atoms with Crippen LogP contribution in [-0.4, -0.2) is 38.1 Å². The van der Waals surface area contributed by atoms with Crippen LogP contribution in [0.1, 0.15) is 30.9 Å². The van der Waals surface area contributed by atoms with Crippen molar-refractivity contribution in [1.82, 2.24) is 10.2 Å². The van der Waals surface area contributed by atoms with Crippen molar-refractivity contribution in [2.45, 2.75) is 38.4 Å². The average molecular weight is 337 g/mol. The number of nitrogens with one attached hydrogen (secondary N) is 1. The summed E-state index contributed by atoms with van der Waals surface area (Å²) in [7, 11) is 4.30. The molecule has 1 saturated heterocycles. The molecule has 1 aliphatic heterocycles. The largest absolute Gasteiger partial charge is 0.417 e. The maximum atomic E-state index is 12.3. The fourth-order valence-electron chi connectivity index (χ4n) is 2.28. The minimum Gasteiger partial charge on any atom is -0.315 e. The van der Waals surface area contributed by atoms with E-state index < -0.39 is 11.7 Å². The molecule has 0 saturated carbocycles. The van der Waals surface area contributed by atoms with Gasteiger partial charge in [0.25, 0.3) is 0 Å². The monoisotopic (exact) mass is 336 g/mol. The fraction of sp³-hybridized carbons (Fsp3) is 0.625. The van der Waals surface area contributed by atoms with E-state index in [0.717, 1.165) is 12.1 Å². The molecule has 0 aliphatic carbocycles. The summed E-state index contributed by atoms with van der Waals surface area (Å²) in [5, 5.41) is 3.13. The van der Waals surface area contributed by atoms with Gasteiger partial charge in [-0.25, -0.2) is 0 Å². The molecule has 0 bridgehead atoms. The van der Waals surface area contributed by atoms with Crippen LogP contribution < -0.4 is 5.32 Å². The predicted molar refractivity (Wildman–Crippen MR) is 85.4 cm³/mol. The van der Waals surface area contributed by atoms with Gasteiger partial charge in [0.05, 0.1) is 10.6 Å². The third-order valence-electron chi connectivity index (χ3n) is 3.75. The number of likely N-dealkylation sites (N-methyl/N-ethyl adjacent to an activating group) is 1. The highest BCUT2D eigenvalue weighted by molar-refractivity contribution is 6.31. The zero-order chi connectivity index (χ0) is 16.8. The van der Waals surface area contributed by atoms with Gasteiger partial charge in [0.2, 0.25) is 0 Å². The molecule has 1 unspecified atom stereocenters. The summed E-state index contributed by atoms with van der Waals surface area (Å²) in [6.45, 7) is 4.18. The number of benzene rings is 1. The highest BCUT2D eigenvalue weighted by Crippen LogP contribution is 2.35. The molecule has 2 rings (SSSR count). The van der Waals surface area contributed by atoms with E-state index in [2.05, 4.69) is 24.3 Å². The lowest BCUT2D eigenvalue weighted by molar-refractivity contribution is -0.137. The lowest BCUT2D eigenvalue weighted by Gasteiger charge is -2.28. The van der Waals surface area contributed by atoms with Gasteiger partial charge in [0.15, 0.2) is 0 Å². The van der Waals surface area contributed by atoms with Crippen LogP contribution in [0.5, 0.6) is 0 Å². The van der Waals surface area contributed by atoms with Gasteiger partial charge in [-0.05, 0) is 57.6 Å². The fourth-order valence-corrected chi connectivity index (χ4v) is 2.51. The average Bonchev–Trinajstić information content (AvgIpc) is 2.48. The van der Waals surface area contributed by atoms with Crippen molar-refractivity contribution in [2.75, 3.05) is 27.2 Å². The van der Waals surface area contributed by atoms with E-state index in [1.165, 1.54) is 32.0 Å². The number of halogens is 4. The van der Waals surface area contributed by atoms with Gasteiger partial charge in [-0.3, -0.25) is 0 Å². The summed E-state index contributed by atoms with van der Waals surface area (Å²) in [6, 6.07) is 4.74. The molecule has 1 N–H and O–H groups in total. The van der Waals surface area contributed by atoms with Gasteiger partial charge in [0, 0.05) is 12.6 Å². The molecule has 0 radical (unpaired) electrons. The van der Waals surface area contributed by atoms with Crippen molar-refractivity contribution in [2.24, 2.45) is 0 Å². The highest BCUT2D eigenvalue weighted by Gasteiger charge is 2.33. The molecule has 0 amide bonds. The van der Waals surface area contributed by atoms with E-state index in [1.807, 2.05) is 0 Å². The van der Waals surface area contributed by atoms with Crippen LogP contribution in [0.3, 0.4) is 0 Å². The second-order valence-electron chi connectivity index (χ2n) is 5.63. The Morgan fingerprint density at radius 2 is 2.00 bits per heavy atom. The molecule has 22 heavy (non-hydrogen) atoms. The number of rotatable bonds is 2. The van der Waals surface area contributed by atoms with Crippen molar-refractivity contribution in [3.05, 3.63) is 34.3 Å². The minimum absolute atomic E-state index is 0.246. The Hall–Kier alpha value is -0.780. The van der Waals surface area contributed by atoms with Gasteiger partial charge >= 0.3 is 6.18 Å². The van der Waals surface area contributed by atoms with Crippen molar-refractivity contribution in [3.63, 3.8) is 0 Å². The van der Waals surface area contributed by atoms with Crippen LogP contribution in [0.2, 0.25) is 5.02 Å². The van der Waals surface area contributed by atoms with Crippen LogP contribution in [0.15, 0.2) is 18.2 Å². The number of nitrogens with zero attached hydrogens (tertiary/aromatic N) is 1. The molecule has 6 heteroatoms. The predicted octanol–water partition coefficient (Wildman–Crippen LogP) is 4.22. The number of hydrogen-bond acceptors (Lipinski definition) is 2. The maximum absolute atomic E-state index is 12.3. The first-order chi connectivity index (χ1) is 10.3. The molecular weight excluding hydrogens is 313 g/mol. The lowest BCUT2D eigenvalue weighted by atomic mass is 10.1. The van der Waals surface area contributed by atoms with Crippen molar-refractivity contribution < 1.29 is 13.2 Å². The first kappa shape index (κ1) is 19.3. The van der Waals surface area contributed by atoms with Crippen LogP contribution in [0.4, 0.5) is 13.2 Å². The zero-order valence-corrected chi connectivity index (χ0v) is 14.1. The SMILES string of the molecule is CCc1ccc(Cl)c(C(F)(F)F)c1.CN(C)C1CCCNC1. The van der Waals surface area contributed by atoms with E-state index in [1.54, 1.807) is 13.0 Å². The molecule has 126 valence electrons. The Labute approximate surface area is 135 Å². The first-order valence-electron chi connectivity index (χ1n) is 7.48.